The van der Waals surface area contributed by atoms with Crippen LogP contribution >= 0.6 is 0 Å². The molecule has 0 bridgehead atoms. The number of benzene rings is 4. The molecule has 0 spiro atoms. The quantitative estimate of drug-likeness (QED) is 0.416. The second-order valence-corrected chi connectivity index (χ2v) is 8.52. The van der Waals surface area contributed by atoms with Gasteiger partial charge in [-0.2, -0.15) is 0 Å². The van der Waals surface area contributed by atoms with Crippen LogP contribution in [0.2, 0.25) is 0 Å². The average Bonchev–Trinajstić information content (AvgIpc) is 3.35. The Morgan fingerprint density at radius 3 is 2.24 bits per heavy atom. The van der Waals surface area contributed by atoms with Crippen molar-refractivity contribution in [1.82, 2.24) is 0 Å². The van der Waals surface area contributed by atoms with Gasteiger partial charge in [0.05, 0.1) is 17.4 Å². The number of para-hydroxylation sites is 1. The molecule has 0 aliphatic carbocycles. The number of nitrogens with zero attached hydrogens (tertiary/aromatic N) is 2. The Bertz CT molecular complexity index is 1380. The lowest BCUT2D eigenvalue weighted by Gasteiger charge is -2.29. The zero-order valence-corrected chi connectivity index (χ0v) is 18.1. The lowest BCUT2D eigenvalue weighted by molar-refractivity contribution is -0.126. The molecule has 2 heterocycles. The van der Waals surface area contributed by atoms with Crippen LogP contribution in [0.5, 0.6) is 0 Å². The molecule has 2 aliphatic heterocycles. The van der Waals surface area contributed by atoms with Crippen LogP contribution in [0.25, 0.3) is 10.8 Å². The SMILES string of the molecule is Cc1ccccc1C1C2C(=O)N(c3cccc4ccccc34)C(=O)C2ON1c1ccccc1. The van der Waals surface area contributed by atoms with Gasteiger partial charge in [0.25, 0.3) is 5.91 Å². The minimum absolute atomic E-state index is 0.229. The summed E-state index contributed by atoms with van der Waals surface area (Å²) in [7, 11) is 0. The maximum atomic E-state index is 13.9. The fourth-order valence-corrected chi connectivity index (χ4v) is 5.09. The van der Waals surface area contributed by atoms with Gasteiger partial charge >= 0.3 is 0 Å². The summed E-state index contributed by atoms with van der Waals surface area (Å²) in [5.41, 5.74) is 3.46. The number of imide groups is 1. The summed E-state index contributed by atoms with van der Waals surface area (Å²) in [6.45, 7) is 2.02. The van der Waals surface area contributed by atoms with Gasteiger partial charge in [0, 0.05) is 5.39 Å². The van der Waals surface area contributed by atoms with Crippen LogP contribution < -0.4 is 9.96 Å². The third-order valence-electron chi connectivity index (χ3n) is 6.64. The number of aryl methyl sites for hydroxylation is 1. The largest absolute Gasteiger partial charge is 0.273 e. The average molecular weight is 434 g/mol. The number of fused-ring (bicyclic) bond motifs is 2. The molecule has 2 fully saturated rings. The van der Waals surface area contributed by atoms with Crippen molar-refractivity contribution in [2.75, 3.05) is 9.96 Å². The first kappa shape index (κ1) is 19.7. The van der Waals surface area contributed by atoms with Crippen molar-refractivity contribution in [2.24, 2.45) is 5.92 Å². The Morgan fingerprint density at radius 2 is 1.42 bits per heavy atom. The van der Waals surface area contributed by atoms with Gasteiger partial charge in [0.1, 0.15) is 5.92 Å². The molecule has 2 saturated heterocycles. The molecule has 33 heavy (non-hydrogen) atoms. The summed E-state index contributed by atoms with van der Waals surface area (Å²) in [6, 6.07) is 30.7. The Balaban J connectivity index is 1.48. The highest BCUT2D eigenvalue weighted by Crippen LogP contribution is 2.48. The molecule has 162 valence electrons. The predicted octanol–water partition coefficient (Wildman–Crippen LogP) is 5.20. The zero-order valence-electron chi connectivity index (χ0n) is 18.1. The minimum atomic E-state index is -0.874. The fraction of sp³-hybridized carbons (Fsp3) is 0.143. The second kappa shape index (κ2) is 7.57. The molecule has 5 heteroatoms. The predicted molar refractivity (Wildman–Crippen MR) is 128 cm³/mol. The van der Waals surface area contributed by atoms with E-state index in [1.54, 1.807) is 5.06 Å². The van der Waals surface area contributed by atoms with Crippen LogP contribution in [-0.2, 0) is 14.4 Å². The van der Waals surface area contributed by atoms with Crippen molar-refractivity contribution in [3.63, 3.8) is 0 Å². The van der Waals surface area contributed by atoms with E-state index < -0.39 is 18.1 Å². The molecule has 4 aromatic rings. The van der Waals surface area contributed by atoms with Gasteiger partial charge in [-0.25, -0.2) is 9.96 Å². The number of anilines is 2. The molecule has 3 atom stereocenters. The Labute approximate surface area is 191 Å². The maximum Gasteiger partial charge on any atom is 0.266 e. The number of hydrogen-bond acceptors (Lipinski definition) is 4. The van der Waals surface area contributed by atoms with Gasteiger partial charge < -0.3 is 0 Å². The molecule has 3 unspecified atom stereocenters. The Morgan fingerprint density at radius 1 is 0.727 bits per heavy atom. The van der Waals surface area contributed by atoms with E-state index in [0.29, 0.717) is 5.69 Å². The van der Waals surface area contributed by atoms with Crippen molar-refractivity contribution in [3.05, 3.63) is 108 Å². The summed E-state index contributed by atoms with van der Waals surface area (Å²) in [5.74, 6) is -1.19. The van der Waals surface area contributed by atoms with E-state index in [-0.39, 0.29) is 11.8 Å². The van der Waals surface area contributed by atoms with Gasteiger partial charge in [0.2, 0.25) is 5.91 Å². The van der Waals surface area contributed by atoms with Crippen LogP contribution in [0.1, 0.15) is 17.2 Å². The van der Waals surface area contributed by atoms with Gasteiger partial charge in [-0.1, -0.05) is 78.9 Å². The summed E-state index contributed by atoms with van der Waals surface area (Å²) >= 11 is 0. The number of carbonyl (C=O) groups is 2. The molecule has 4 aromatic carbocycles. The molecule has 0 aromatic heterocycles. The second-order valence-electron chi connectivity index (χ2n) is 8.52. The van der Waals surface area contributed by atoms with Crippen LogP contribution in [-0.4, -0.2) is 17.9 Å². The molecular weight excluding hydrogens is 412 g/mol. The number of amides is 2. The fourth-order valence-electron chi connectivity index (χ4n) is 5.09. The van der Waals surface area contributed by atoms with Crippen molar-refractivity contribution in [1.29, 1.82) is 0 Å². The Kier molecular flexibility index (Phi) is 4.52. The topological polar surface area (TPSA) is 49.9 Å². The third kappa shape index (κ3) is 2.97. The lowest BCUT2D eigenvalue weighted by atomic mass is 9.88. The monoisotopic (exact) mass is 434 g/mol. The number of hydroxylamine groups is 1. The first-order chi connectivity index (χ1) is 16.1. The van der Waals surface area contributed by atoms with E-state index in [4.69, 9.17) is 4.84 Å². The summed E-state index contributed by atoms with van der Waals surface area (Å²) in [4.78, 5) is 35.1. The highest BCUT2D eigenvalue weighted by Gasteiger charge is 2.60. The third-order valence-corrected chi connectivity index (χ3v) is 6.64. The highest BCUT2D eigenvalue weighted by molar-refractivity contribution is 6.26. The van der Waals surface area contributed by atoms with Crippen molar-refractivity contribution in [2.45, 2.75) is 19.1 Å². The van der Waals surface area contributed by atoms with E-state index >= 15 is 0 Å². The van der Waals surface area contributed by atoms with Crippen LogP contribution in [0, 0.1) is 12.8 Å². The highest BCUT2D eigenvalue weighted by atomic mass is 16.7. The molecule has 0 saturated carbocycles. The van der Waals surface area contributed by atoms with Gasteiger partial charge in [-0.3, -0.25) is 14.4 Å². The molecule has 6 rings (SSSR count). The van der Waals surface area contributed by atoms with Crippen molar-refractivity contribution >= 4 is 34.0 Å². The summed E-state index contributed by atoms with van der Waals surface area (Å²) < 4.78 is 0. The number of carbonyl (C=O) groups excluding carboxylic acids is 2. The smallest absolute Gasteiger partial charge is 0.266 e. The minimum Gasteiger partial charge on any atom is -0.273 e. The van der Waals surface area contributed by atoms with Crippen molar-refractivity contribution < 1.29 is 14.4 Å². The first-order valence-corrected chi connectivity index (χ1v) is 11.1. The van der Waals surface area contributed by atoms with E-state index in [9.17, 15) is 9.59 Å². The lowest BCUT2D eigenvalue weighted by Crippen LogP contribution is -2.37. The van der Waals surface area contributed by atoms with Crippen LogP contribution in [0.3, 0.4) is 0 Å². The van der Waals surface area contributed by atoms with Crippen molar-refractivity contribution in [3.8, 4) is 0 Å². The van der Waals surface area contributed by atoms with Gasteiger partial charge in [-0.05, 0) is 41.6 Å². The van der Waals surface area contributed by atoms with E-state index in [2.05, 4.69) is 0 Å². The molecule has 2 aliphatic rings. The normalized spacial score (nSPS) is 22.3. The van der Waals surface area contributed by atoms with E-state index in [1.807, 2.05) is 104 Å². The van der Waals surface area contributed by atoms with Gasteiger partial charge in [0.15, 0.2) is 6.10 Å². The summed E-state index contributed by atoms with van der Waals surface area (Å²) in [5, 5.41) is 3.59. The molecule has 5 nitrogen and oxygen atoms in total. The molecule has 2 amide bonds. The van der Waals surface area contributed by atoms with Crippen LogP contribution in [0.4, 0.5) is 11.4 Å². The maximum absolute atomic E-state index is 13.9. The zero-order chi connectivity index (χ0) is 22.5. The number of rotatable bonds is 3. The number of hydrogen-bond donors (Lipinski definition) is 0. The van der Waals surface area contributed by atoms with Gasteiger partial charge in [-0.15, -0.1) is 0 Å². The van der Waals surface area contributed by atoms with E-state index in [1.165, 1.54) is 4.90 Å². The molecular formula is C28H22N2O3. The van der Waals surface area contributed by atoms with Crippen LogP contribution in [0.15, 0.2) is 97.1 Å². The Hall–Kier alpha value is -3.96. The molecule has 0 radical (unpaired) electrons. The first-order valence-electron chi connectivity index (χ1n) is 11.1. The molecule has 0 N–H and O–H groups in total. The standard InChI is InChI=1S/C28H22N2O3/c1-18-10-5-7-15-21(18)25-24-26(33-30(25)20-13-3-2-4-14-20)28(32)29(27(24)31)23-17-9-12-19-11-6-8-16-22(19)23/h2-17,24-26H,1H3. The van der Waals surface area contributed by atoms with E-state index in [0.717, 1.165) is 27.6 Å². The summed E-state index contributed by atoms with van der Waals surface area (Å²) in [6.07, 6.45) is -0.874.